The lowest BCUT2D eigenvalue weighted by Crippen LogP contribution is -2.46. The zero-order chi connectivity index (χ0) is 16.2. The normalized spacial score (nSPS) is 13.8. The molecule has 0 saturated carbocycles. The van der Waals surface area contributed by atoms with Gasteiger partial charge in [-0.1, -0.05) is 13.8 Å². The van der Waals surface area contributed by atoms with Crippen molar-refractivity contribution < 1.29 is 14.7 Å². The smallest absolute Gasteiger partial charge is 0.268 e. The predicted octanol–water partition coefficient (Wildman–Crippen LogP) is 2.37. The lowest BCUT2D eigenvalue weighted by Gasteiger charge is -2.29. The third kappa shape index (κ3) is 3.73. The van der Waals surface area contributed by atoms with Crippen molar-refractivity contribution >= 4 is 11.7 Å². The van der Waals surface area contributed by atoms with Crippen molar-refractivity contribution in [3.63, 3.8) is 0 Å². The Kier molecular flexibility index (Phi) is 5.72. The van der Waals surface area contributed by atoms with Gasteiger partial charge in [-0.15, -0.1) is 0 Å². The first kappa shape index (κ1) is 17.4. The maximum atomic E-state index is 12.5. The van der Waals surface area contributed by atoms with E-state index in [-0.39, 0.29) is 18.3 Å². The molecule has 0 aliphatic carbocycles. The van der Waals surface area contributed by atoms with Crippen LogP contribution >= 0.6 is 0 Å². The number of carbonyl (C=O) groups is 2. The summed E-state index contributed by atoms with van der Waals surface area (Å²) in [4.78, 5) is 27.3. The molecule has 0 aliphatic rings. The van der Waals surface area contributed by atoms with Crippen LogP contribution in [0.5, 0.6) is 0 Å². The molecule has 3 N–H and O–H groups in total. The molecule has 0 radical (unpaired) electrons. The summed E-state index contributed by atoms with van der Waals surface area (Å²) in [6, 6.07) is 0. The number of aromatic amines is 1. The van der Waals surface area contributed by atoms with Crippen molar-refractivity contribution in [2.24, 2.45) is 0 Å². The molecule has 118 valence electrons. The molecule has 5 heteroatoms. The molecule has 0 bridgehead atoms. The summed E-state index contributed by atoms with van der Waals surface area (Å²) in [5.41, 5.74) is 2.11. The van der Waals surface area contributed by atoms with Crippen LogP contribution in [0.2, 0.25) is 0 Å². The van der Waals surface area contributed by atoms with E-state index in [9.17, 15) is 9.59 Å². The van der Waals surface area contributed by atoms with Crippen LogP contribution in [-0.2, 0) is 6.42 Å². The molecule has 1 aromatic rings. The van der Waals surface area contributed by atoms with Gasteiger partial charge in [0, 0.05) is 23.4 Å². The van der Waals surface area contributed by atoms with Crippen LogP contribution in [0.15, 0.2) is 0 Å². The molecule has 0 saturated heterocycles. The Morgan fingerprint density at radius 3 is 2.38 bits per heavy atom. The number of amides is 1. The third-order valence-corrected chi connectivity index (χ3v) is 4.08. The number of rotatable bonds is 7. The number of aromatic nitrogens is 1. The Bertz CT molecular complexity index is 534. The fourth-order valence-electron chi connectivity index (χ4n) is 2.61. The molecule has 1 amide bonds. The average Bonchev–Trinajstić information content (AvgIpc) is 2.75. The standard InChI is InChI=1S/C16H26N2O3/c1-6-12-13(11(4)20)10(3)17-14(12)15(21)18-16(5,7-2)8-9-19/h17,19H,6-9H2,1-5H3,(H,18,21). The van der Waals surface area contributed by atoms with Gasteiger partial charge in [-0.05, 0) is 45.6 Å². The summed E-state index contributed by atoms with van der Waals surface area (Å²) in [5.74, 6) is -0.256. The van der Waals surface area contributed by atoms with Crippen LogP contribution in [0.25, 0.3) is 0 Å². The fraction of sp³-hybridized carbons (Fsp3) is 0.625. The SMILES string of the molecule is CCc1c(C(=O)NC(C)(CC)CCO)[nH]c(C)c1C(C)=O. The van der Waals surface area contributed by atoms with Crippen LogP contribution in [-0.4, -0.2) is 33.9 Å². The number of hydrogen-bond acceptors (Lipinski definition) is 3. The van der Waals surface area contributed by atoms with E-state index in [4.69, 9.17) is 5.11 Å². The molecule has 0 aromatic carbocycles. The Hall–Kier alpha value is -1.62. The number of nitrogens with one attached hydrogen (secondary N) is 2. The number of aliphatic hydroxyl groups is 1. The number of H-pyrrole nitrogens is 1. The van der Waals surface area contributed by atoms with Crippen LogP contribution < -0.4 is 5.32 Å². The minimum absolute atomic E-state index is 0.0215. The first-order valence-corrected chi connectivity index (χ1v) is 7.45. The summed E-state index contributed by atoms with van der Waals surface area (Å²) in [6.45, 7) is 9.15. The predicted molar refractivity (Wildman–Crippen MR) is 82.8 cm³/mol. The van der Waals surface area contributed by atoms with Crippen LogP contribution in [0.4, 0.5) is 0 Å². The number of ketones is 1. The highest BCUT2D eigenvalue weighted by atomic mass is 16.3. The Balaban J connectivity index is 3.14. The molecule has 0 aliphatic heterocycles. The van der Waals surface area contributed by atoms with Gasteiger partial charge in [0.05, 0.1) is 0 Å². The summed E-state index contributed by atoms with van der Waals surface area (Å²) < 4.78 is 0. The van der Waals surface area contributed by atoms with Crippen molar-refractivity contribution in [2.75, 3.05) is 6.61 Å². The maximum Gasteiger partial charge on any atom is 0.268 e. The summed E-state index contributed by atoms with van der Waals surface area (Å²) in [5, 5.41) is 12.1. The molecule has 0 fully saturated rings. The second kappa shape index (κ2) is 6.89. The lowest BCUT2D eigenvalue weighted by molar-refractivity contribution is 0.0880. The van der Waals surface area contributed by atoms with Gasteiger partial charge in [0.15, 0.2) is 5.78 Å². The highest BCUT2D eigenvalue weighted by Crippen LogP contribution is 2.22. The monoisotopic (exact) mass is 294 g/mol. The quantitative estimate of drug-likeness (QED) is 0.675. The molecule has 1 heterocycles. The van der Waals surface area contributed by atoms with Crippen molar-refractivity contribution in [1.29, 1.82) is 0 Å². The van der Waals surface area contributed by atoms with Crippen LogP contribution in [0, 0.1) is 6.92 Å². The molecular weight excluding hydrogens is 268 g/mol. The van der Waals surface area contributed by atoms with Crippen LogP contribution in [0.1, 0.15) is 72.6 Å². The van der Waals surface area contributed by atoms with E-state index in [0.717, 1.165) is 17.7 Å². The molecule has 1 rings (SSSR count). The molecule has 1 unspecified atom stereocenters. The van der Waals surface area contributed by atoms with Gasteiger partial charge in [-0.3, -0.25) is 9.59 Å². The first-order valence-electron chi connectivity index (χ1n) is 7.45. The first-order chi connectivity index (χ1) is 9.79. The lowest BCUT2D eigenvalue weighted by atomic mass is 9.94. The summed E-state index contributed by atoms with van der Waals surface area (Å²) >= 11 is 0. The van der Waals surface area contributed by atoms with E-state index < -0.39 is 5.54 Å². The Morgan fingerprint density at radius 1 is 1.33 bits per heavy atom. The number of aryl methyl sites for hydroxylation is 1. The summed E-state index contributed by atoms with van der Waals surface area (Å²) in [6.07, 6.45) is 1.83. The van der Waals surface area contributed by atoms with Gasteiger partial charge in [0.25, 0.3) is 5.91 Å². The van der Waals surface area contributed by atoms with Crippen molar-refractivity contribution in [2.45, 2.75) is 59.4 Å². The molecule has 1 aromatic heterocycles. The number of carbonyl (C=O) groups excluding carboxylic acids is 2. The van der Waals surface area contributed by atoms with Crippen molar-refractivity contribution in [3.8, 4) is 0 Å². The average molecular weight is 294 g/mol. The van der Waals surface area contributed by atoms with E-state index in [1.165, 1.54) is 6.92 Å². The zero-order valence-corrected chi connectivity index (χ0v) is 13.6. The van der Waals surface area contributed by atoms with Gasteiger partial charge < -0.3 is 15.4 Å². The maximum absolute atomic E-state index is 12.5. The van der Waals surface area contributed by atoms with Gasteiger partial charge in [0.2, 0.25) is 0 Å². The van der Waals surface area contributed by atoms with Gasteiger partial charge in [-0.2, -0.15) is 0 Å². The Morgan fingerprint density at radius 2 is 1.95 bits per heavy atom. The van der Waals surface area contributed by atoms with Crippen molar-refractivity contribution in [1.82, 2.24) is 10.3 Å². The number of Topliss-reactive ketones (excluding diaryl/α,β-unsaturated/α-hetero) is 1. The molecule has 0 spiro atoms. The van der Waals surface area contributed by atoms with E-state index >= 15 is 0 Å². The largest absolute Gasteiger partial charge is 0.396 e. The van der Waals surface area contributed by atoms with Gasteiger partial charge >= 0.3 is 0 Å². The summed E-state index contributed by atoms with van der Waals surface area (Å²) in [7, 11) is 0. The minimum Gasteiger partial charge on any atom is -0.396 e. The van der Waals surface area contributed by atoms with Gasteiger partial charge in [-0.25, -0.2) is 0 Å². The molecule has 1 atom stereocenters. The van der Waals surface area contributed by atoms with E-state index in [2.05, 4.69) is 10.3 Å². The highest BCUT2D eigenvalue weighted by Gasteiger charge is 2.28. The second-order valence-corrected chi connectivity index (χ2v) is 5.73. The Labute approximate surface area is 126 Å². The third-order valence-electron chi connectivity index (χ3n) is 4.08. The zero-order valence-electron chi connectivity index (χ0n) is 13.6. The highest BCUT2D eigenvalue weighted by molar-refractivity contribution is 6.02. The molecular formula is C16H26N2O3. The number of aliphatic hydroxyl groups excluding tert-OH is 1. The topological polar surface area (TPSA) is 82.2 Å². The minimum atomic E-state index is -0.452. The second-order valence-electron chi connectivity index (χ2n) is 5.73. The van der Waals surface area contributed by atoms with E-state index in [0.29, 0.717) is 24.1 Å². The fourth-order valence-corrected chi connectivity index (χ4v) is 2.61. The van der Waals surface area contributed by atoms with E-state index in [1.54, 1.807) is 6.92 Å². The van der Waals surface area contributed by atoms with Gasteiger partial charge in [0.1, 0.15) is 5.69 Å². The number of hydrogen-bond donors (Lipinski definition) is 3. The van der Waals surface area contributed by atoms with Crippen molar-refractivity contribution in [3.05, 3.63) is 22.5 Å². The van der Waals surface area contributed by atoms with E-state index in [1.807, 2.05) is 20.8 Å². The van der Waals surface area contributed by atoms with Crippen LogP contribution in [0.3, 0.4) is 0 Å². The molecule has 21 heavy (non-hydrogen) atoms. The molecule has 5 nitrogen and oxygen atoms in total.